The van der Waals surface area contributed by atoms with E-state index in [1.54, 1.807) is 0 Å². The molecule has 78 valence electrons. The smallest absolute Gasteiger partial charge is 0.0708 e. The van der Waals surface area contributed by atoms with E-state index >= 15 is 0 Å². The number of hydrogen-bond donors (Lipinski definition) is 1. The van der Waals surface area contributed by atoms with Crippen molar-refractivity contribution in [3.05, 3.63) is 0 Å². The van der Waals surface area contributed by atoms with E-state index in [0.717, 1.165) is 12.8 Å². The minimum atomic E-state index is -0.263. The first-order chi connectivity index (χ1) is 6.19. The van der Waals surface area contributed by atoms with Crippen LogP contribution in [0.15, 0.2) is 0 Å². The Hall–Kier alpha value is -0.0400. The van der Waals surface area contributed by atoms with E-state index in [2.05, 4.69) is 20.8 Å². The van der Waals surface area contributed by atoms with Gasteiger partial charge < -0.3 is 5.11 Å². The summed E-state index contributed by atoms with van der Waals surface area (Å²) < 4.78 is 0. The quantitative estimate of drug-likeness (QED) is 0.671. The highest BCUT2D eigenvalue weighted by molar-refractivity contribution is 5.06. The summed E-state index contributed by atoms with van der Waals surface area (Å²) >= 11 is 0. The summed E-state index contributed by atoms with van der Waals surface area (Å²) in [6.07, 6.45) is 7.06. The molecule has 0 aromatic carbocycles. The zero-order valence-electron chi connectivity index (χ0n) is 9.34. The van der Waals surface area contributed by atoms with Crippen molar-refractivity contribution in [3.8, 4) is 0 Å². The Bertz CT molecular complexity index is 149. The standard InChI is InChI=1S/C12H24O/c1-4-7-11(8-5-2)12(13)9-10(12)6-3/h10-11,13H,4-9H2,1-3H3. The molecule has 1 fully saturated rings. The molecule has 0 radical (unpaired) electrons. The van der Waals surface area contributed by atoms with Crippen LogP contribution < -0.4 is 0 Å². The highest BCUT2D eigenvalue weighted by atomic mass is 16.3. The van der Waals surface area contributed by atoms with Gasteiger partial charge in [-0.25, -0.2) is 0 Å². The first kappa shape index (κ1) is 11.0. The second-order valence-corrected chi connectivity index (χ2v) is 4.57. The van der Waals surface area contributed by atoms with E-state index in [-0.39, 0.29) is 5.60 Å². The molecule has 1 aliphatic rings. The molecule has 2 unspecified atom stereocenters. The average molecular weight is 184 g/mol. The molecule has 0 amide bonds. The highest BCUT2D eigenvalue weighted by Crippen LogP contribution is 2.53. The maximum atomic E-state index is 10.3. The van der Waals surface area contributed by atoms with Crippen molar-refractivity contribution in [2.24, 2.45) is 11.8 Å². The first-order valence-electron chi connectivity index (χ1n) is 5.91. The lowest BCUT2D eigenvalue weighted by Gasteiger charge is -2.22. The van der Waals surface area contributed by atoms with Crippen LogP contribution in [-0.4, -0.2) is 10.7 Å². The molecule has 1 rings (SSSR count). The fraction of sp³-hybridized carbons (Fsp3) is 1.00. The second-order valence-electron chi connectivity index (χ2n) is 4.57. The fourth-order valence-corrected chi connectivity index (χ4v) is 2.67. The monoisotopic (exact) mass is 184 g/mol. The van der Waals surface area contributed by atoms with Crippen LogP contribution in [-0.2, 0) is 0 Å². The molecule has 1 N–H and O–H groups in total. The number of aliphatic hydroxyl groups is 1. The molecule has 0 spiro atoms. The fourth-order valence-electron chi connectivity index (χ4n) is 2.67. The Labute approximate surface area is 82.5 Å². The lowest BCUT2D eigenvalue weighted by Crippen LogP contribution is -2.24. The van der Waals surface area contributed by atoms with Crippen molar-refractivity contribution >= 4 is 0 Å². The SMILES string of the molecule is CCCC(CCC)C1(O)CC1CC. The summed E-state index contributed by atoms with van der Waals surface area (Å²) in [5, 5.41) is 10.3. The molecule has 0 aromatic heterocycles. The van der Waals surface area contributed by atoms with Crippen LogP contribution in [0.25, 0.3) is 0 Å². The van der Waals surface area contributed by atoms with Gasteiger partial charge in [-0.2, -0.15) is 0 Å². The largest absolute Gasteiger partial charge is 0.389 e. The third-order valence-electron chi connectivity index (χ3n) is 3.59. The molecule has 0 aliphatic heterocycles. The highest BCUT2D eigenvalue weighted by Gasteiger charge is 2.55. The topological polar surface area (TPSA) is 20.2 Å². The summed E-state index contributed by atoms with van der Waals surface area (Å²) in [5.74, 6) is 1.18. The van der Waals surface area contributed by atoms with Crippen LogP contribution in [0.1, 0.15) is 59.3 Å². The van der Waals surface area contributed by atoms with E-state index in [9.17, 15) is 5.11 Å². The molecule has 0 bridgehead atoms. The molecule has 2 atom stereocenters. The summed E-state index contributed by atoms with van der Waals surface area (Å²) in [5.41, 5.74) is -0.263. The molecule has 0 heterocycles. The van der Waals surface area contributed by atoms with Crippen molar-refractivity contribution in [1.29, 1.82) is 0 Å². The van der Waals surface area contributed by atoms with E-state index in [4.69, 9.17) is 0 Å². The van der Waals surface area contributed by atoms with Crippen LogP contribution in [0.5, 0.6) is 0 Å². The first-order valence-corrected chi connectivity index (χ1v) is 5.91. The van der Waals surface area contributed by atoms with Crippen LogP contribution in [0.4, 0.5) is 0 Å². The molecule has 13 heavy (non-hydrogen) atoms. The summed E-state index contributed by atoms with van der Waals surface area (Å²) in [4.78, 5) is 0. The summed E-state index contributed by atoms with van der Waals surface area (Å²) in [6.45, 7) is 6.63. The van der Waals surface area contributed by atoms with E-state index in [0.29, 0.717) is 11.8 Å². The number of hydrogen-bond acceptors (Lipinski definition) is 1. The van der Waals surface area contributed by atoms with Gasteiger partial charge in [0.1, 0.15) is 0 Å². The van der Waals surface area contributed by atoms with Gasteiger partial charge in [0.2, 0.25) is 0 Å². The predicted octanol–water partition coefficient (Wildman–Crippen LogP) is 3.36. The maximum Gasteiger partial charge on any atom is 0.0708 e. The lowest BCUT2D eigenvalue weighted by atomic mass is 9.88. The predicted molar refractivity (Wildman–Crippen MR) is 56.7 cm³/mol. The minimum Gasteiger partial charge on any atom is -0.389 e. The Balaban J connectivity index is 2.45. The normalized spacial score (nSPS) is 32.5. The molecular formula is C12H24O. The van der Waals surface area contributed by atoms with Gasteiger partial charge in [0.15, 0.2) is 0 Å². The summed E-state index contributed by atoms with van der Waals surface area (Å²) in [7, 11) is 0. The van der Waals surface area contributed by atoms with Crippen molar-refractivity contribution in [2.45, 2.75) is 64.9 Å². The average Bonchev–Trinajstić information content (AvgIpc) is 2.78. The zero-order chi connectivity index (χ0) is 9.90. The maximum absolute atomic E-state index is 10.3. The van der Waals surface area contributed by atoms with Crippen LogP contribution in [0.2, 0.25) is 0 Å². The third kappa shape index (κ3) is 2.25. The van der Waals surface area contributed by atoms with Gasteiger partial charge in [0.05, 0.1) is 5.60 Å². The van der Waals surface area contributed by atoms with Crippen molar-refractivity contribution < 1.29 is 5.11 Å². The van der Waals surface area contributed by atoms with Crippen molar-refractivity contribution in [2.75, 3.05) is 0 Å². The van der Waals surface area contributed by atoms with Gasteiger partial charge >= 0.3 is 0 Å². The minimum absolute atomic E-state index is 0.263. The zero-order valence-corrected chi connectivity index (χ0v) is 9.34. The Morgan fingerprint density at radius 2 is 1.77 bits per heavy atom. The molecule has 1 aliphatic carbocycles. The van der Waals surface area contributed by atoms with E-state index in [1.165, 1.54) is 25.7 Å². The Kier molecular flexibility index (Phi) is 3.78. The number of rotatable bonds is 6. The van der Waals surface area contributed by atoms with E-state index < -0.39 is 0 Å². The van der Waals surface area contributed by atoms with Gasteiger partial charge in [0, 0.05) is 0 Å². The van der Waals surface area contributed by atoms with Gasteiger partial charge in [-0.1, -0.05) is 40.0 Å². The third-order valence-corrected chi connectivity index (χ3v) is 3.59. The molecule has 1 heteroatoms. The lowest BCUT2D eigenvalue weighted by molar-refractivity contribution is 0.0542. The Morgan fingerprint density at radius 1 is 1.23 bits per heavy atom. The van der Waals surface area contributed by atoms with Crippen molar-refractivity contribution in [1.82, 2.24) is 0 Å². The van der Waals surface area contributed by atoms with Gasteiger partial charge in [-0.3, -0.25) is 0 Å². The van der Waals surface area contributed by atoms with Gasteiger partial charge in [-0.05, 0) is 31.1 Å². The van der Waals surface area contributed by atoms with Crippen LogP contribution in [0, 0.1) is 11.8 Å². The van der Waals surface area contributed by atoms with E-state index in [1.807, 2.05) is 0 Å². The summed E-state index contributed by atoms with van der Waals surface area (Å²) in [6, 6.07) is 0. The molecule has 1 nitrogen and oxygen atoms in total. The Morgan fingerprint density at radius 3 is 2.08 bits per heavy atom. The molecule has 0 saturated heterocycles. The molecule has 1 saturated carbocycles. The second kappa shape index (κ2) is 4.45. The van der Waals surface area contributed by atoms with Crippen LogP contribution in [0.3, 0.4) is 0 Å². The molecular weight excluding hydrogens is 160 g/mol. The van der Waals surface area contributed by atoms with Crippen LogP contribution >= 0.6 is 0 Å². The van der Waals surface area contributed by atoms with Gasteiger partial charge in [0.25, 0.3) is 0 Å². The van der Waals surface area contributed by atoms with Crippen molar-refractivity contribution in [3.63, 3.8) is 0 Å². The van der Waals surface area contributed by atoms with Gasteiger partial charge in [-0.15, -0.1) is 0 Å². The molecule has 0 aromatic rings.